The maximum absolute atomic E-state index is 4.77. The molecule has 0 rings (SSSR count). The van der Waals surface area contributed by atoms with Crippen molar-refractivity contribution in [3.8, 4) is 0 Å². The van der Waals surface area contributed by atoms with Gasteiger partial charge in [-0.25, -0.2) is 9.48 Å². The van der Waals surface area contributed by atoms with E-state index in [0.29, 0.717) is 24.1 Å². The molecule has 23 heavy (non-hydrogen) atoms. The first-order valence-electron chi connectivity index (χ1n) is 7.47. The van der Waals surface area contributed by atoms with Crippen molar-refractivity contribution in [3.63, 3.8) is 0 Å². The van der Waals surface area contributed by atoms with E-state index in [1.807, 2.05) is 30.4 Å². The van der Waals surface area contributed by atoms with E-state index < -0.39 is 0 Å². The van der Waals surface area contributed by atoms with Crippen LogP contribution in [-0.2, 0) is 0 Å². The van der Waals surface area contributed by atoms with Crippen LogP contribution in [0.3, 0.4) is 0 Å². The first kappa shape index (κ1) is 23.4. The summed E-state index contributed by atoms with van der Waals surface area (Å²) < 4.78 is 0.603. The molecule has 0 radical (unpaired) electrons. The number of rotatable bonds is 12. The molecule has 0 spiro atoms. The van der Waals surface area contributed by atoms with Crippen LogP contribution in [0.2, 0.25) is 0 Å². The quantitative estimate of drug-likeness (QED) is 0.220. The van der Waals surface area contributed by atoms with Crippen LogP contribution in [0.15, 0.2) is 80.9 Å². The minimum atomic E-state index is 0. The molecule has 0 aliphatic carbocycles. The van der Waals surface area contributed by atoms with Crippen LogP contribution < -0.4 is 12.4 Å². The molecular formula is C19H30ClN3. The summed E-state index contributed by atoms with van der Waals surface area (Å²) in [6, 6.07) is 0. The summed E-state index contributed by atoms with van der Waals surface area (Å²) in [6.45, 7) is 27.4. The van der Waals surface area contributed by atoms with Gasteiger partial charge < -0.3 is 17.3 Å². The Hall–Kier alpha value is -1.84. The molecule has 0 aliphatic heterocycles. The average Bonchev–Trinajstić information content (AvgIpc) is 2.49. The minimum absolute atomic E-state index is 0. The van der Waals surface area contributed by atoms with Crippen molar-refractivity contribution >= 4 is 5.96 Å². The summed E-state index contributed by atoms with van der Waals surface area (Å²) in [5.41, 5.74) is 0. The van der Waals surface area contributed by atoms with E-state index in [9.17, 15) is 0 Å². The van der Waals surface area contributed by atoms with Crippen LogP contribution in [0.5, 0.6) is 0 Å². The lowest BCUT2D eigenvalue weighted by Crippen LogP contribution is -3.00. The van der Waals surface area contributed by atoms with E-state index in [-0.39, 0.29) is 12.4 Å². The van der Waals surface area contributed by atoms with Crippen LogP contribution in [0.25, 0.3) is 0 Å². The zero-order chi connectivity index (χ0) is 16.8. The lowest BCUT2D eigenvalue weighted by molar-refractivity contribution is -0.828. The van der Waals surface area contributed by atoms with Crippen molar-refractivity contribution in [1.82, 2.24) is 4.90 Å². The smallest absolute Gasteiger partial charge is 0.301 e. The van der Waals surface area contributed by atoms with E-state index in [0.717, 1.165) is 25.6 Å². The van der Waals surface area contributed by atoms with Gasteiger partial charge in [-0.05, 0) is 18.2 Å². The number of hydrogen-bond donors (Lipinski definition) is 0. The number of guanidine groups is 1. The van der Waals surface area contributed by atoms with Gasteiger partial charge >= 0.3 is 5.96 Å². The Kier molecular flexibility index (Phi) is 14.1. The maximum atomic E-state index is 4.77. The van der Waals surface area contributed by atoms with Gasteiger partial charge in [0.15, 0.2) is 0 Å². The highest BCUT2D eigenvalue weighted by Crippen LogP contribution is 2.15. The van der Waals surface area contributed by atoms with Crippen molar-refractivity contribution in [2.45, 2.75) is 0 Å². The van der Waals surface area contributed by atoms with E-state index >= 15 is 0 Å². The van der Waals surface area contributed by atoms with Gasteiger partial charge in [-0.1, -0.05) is 38.0 Å². The third-order valence-electron chi connectivity index (χ3n) is 3.20. The van der Waals surface area contributed by atoms with Gasteiger partial charge in [0.2, 0.25) is 0 Å². The number of nitrogens with zero attached hydrogens (tertiary/aromatic N) is 3. The molecule has 128 valence electrons. The Bertz CT molecular complexity index is 401. The van der Waals surface area contributed by atoms with Crippen molar-refractivity contribution in [2.24, 2.45) is 4.99 Å². The highest BCUT2D eigenvalue weighted by Gasteiger charge is 2.34. The highest BCUT2D eigenvalue weighted by atomic mass is 35.5. The van der Waals surface area contributed by atoms with Gasteiger partial charge in [0.25, 0.3) is 0 Å². The van der Waals surface area contributed by atoms with Crippen molar-refractivity contribution in [2.75, 3.05) is 39.3 Å². The summed E-state index contributed by atoms with van der Waals surface area (Å²) in [4.78, 5) is 6.93. The van der Waals surface area contributed by atoms with Gasteiger partial charge in [-0.15, -0.1) is 19.7 Å². The first-order valence-corrected chi connectivity index (χ1v) is 7.47. The molecule has 0 aromatic carbocycles. The van der Waals surface area contributed by atoms with E-state index in [1.165, 1.54) is 0 Å². The molecule has 0 aromatic rings. The predicted octanol–water partition coefficient (Wildman–Crippen LogP) is 0.581. The minimum Gasteiger partial charge on any atom is -1.00 e. The number of quaternary nitrogens is 1. The molecule has 0 N–H and O–H groups in total. The zero-order valence-electron chi connectivity index (χ0n) is 14.2. The standard InChI is InChI=1S/C19H30N3.ClH/c1-7-13-20-19(21(14-8-2)15-9-3)22(16-10-4,17-11-5)18-12-6;/h7-12H,1-6,13-18H2;1H/q+1;/p-1. The molecule has 0 aromatic heterocycles. The fraction of sp³-hybridized carbons (Fsp3) is 0.316. The predicted molar refractivity (Wildman–Crippen MR) is 99.9 cm³/mol. The second-order valence-electron chi connectivity index (χ2n) is 4.97. The second-order valence-corrected chi connectivity index (χ2v) is 4.97. The molecule has 0 heterocycles. The Morgan fingerprint density at radius 3 is 1.48 bits per heavy atom. The van der Waals surface area contributed by atoms with Crippen LogP contribution >= 0.6 is 0 Å². The molecule has 0 fully saturated rings. The molecule has 0 saturated carbocycles. The van der Waals surface area contributed by atoms with Gasteiger partial charge in [0.1, 0.15) is 19.6 Å². The normalized spacial score (nSPS) is 10.9. The van der Waals surface area contributed by atoms with Crippen molar-refractivity contribution < 1.29 is 16.9 Å². The fourth-order valence-corrected chi connectivity index (χ4v) is 2.46. The topological polar surface area (TPSA) is 15.6 Å². The van der Waals surface area contributed by atoms with E-state index in [1.54, 1.807) is 6.08 Å². The summed E-state index contributed by atoms with van der Waals surface area (Å²) in [6.07, 6.45) is 11.3. The Morgan fingerprint density at radius 1 is 0.739 bits per heavy atom. The SMILES string of the molecule is C=CCN=C(N(CC=C)CC=C)[N+](CC=C)(CC=C)CC=C.[Cl-]. The molecule has 3 nitrogen and oxygen atoms in total. The monoisotopic (exact) mass is 335 g/mol. The van der Waals surface area contributed by atoms with Crippen LogP contribution in [0, 0.1) is 0 Å². The Balaban J connectivity index is 0. The second kappa shape index (κ2) is 13.8. The van der Waals surface area contributed by atoms with E-state index in [4.69, 9.17) is 4.99 Å². The molecule has 0 saturated heterocycles. The number of halogens is 1. The summed E-state index contributed by atoms with van der Waals surface area (Å²) in [5, 5.41) is 0. The summed E-state index contributed by atoms with van der Waals surface area (Å²) in [7, 11) is 0. The lowest BCUT2D eigenvalue weighted by Gasteiger charge is -2.40. The average molecular weight is 336 g/mol. The van der Waals surface area contributed by atoms with Crippen LogP contribution in [0.1, 0.15) is 0 Å². The van der Waals surface area contributed by atoms with Gasteiger partial charge in [0.05, 0.1) is 6.54 Å². The zero-order valence-corrected chi connectivity index (χ0v) is 14.9. The Morgan fingerprint density at radius 2 is 1.17 bits per heavy atom. The maximum Gasteiger partial charge on any atom is 0.301 e. The number of hydrogen-bond acceptors (Lipinski definition) is 1. The number of aliphatic imine (C=N–C) groups is 1. The highest BCUT2D eigenvalue weighted by molar-refractivity contribution is 5.74. The van der Waals surface area contributed by atoms with Crippen molar-refractivity contribution in [3.05, 3.63) is 75.9 Å². The third kappa shape index (κ3) is 7.31. The summed E-state index contributed by atoms with van der Waals surface area (Å²) >= 11 is 0. The lowest BCUT2D eigenvalue weighted by atomic mass is 10.3. The molecule has 0 atom stereocenters. The summed E-state index contributed by atoms with van der Waals surface area (Å²) in [5.74, 6) is 0.958. The van der Waals surface area contributed by atoms with Crippen LogP contribution in [0.4, 0.5) is 0 Å². The molecule has 0 unspecified atom stereocenters. The van der Waals surface area contributed by atoms with E-state index in [2.05, 4.69) is 44.4 Å². The molecule has 0 aliphatic rings. The first-order chi connectivity index (χ1) is 10.7. The molecular weight excluding hydrogens is 306 g/mol. The van der Waals surface area contributed by atoms with Gasteiger partial charge in [0, 0.05) is 13.1 Å². The molecule has 0 bridgehead atoms. The third-order valence-corrected chi connectivity index (χ3v) is 3.20. The van der Waals surface area contributed by atoms with Gasteiger partial charge in [-0.3, -0.25) is 0 Å². The largest absolute Gasteiger partial charge is 1.00 e. The van der Waals surface area contributed by atoms with Gasteiger partial charge in [-0.2, -0.15) is 0 Å². The fourth-order valence-electron chi connectivity index (χ4n) is 2.46. The molecule has 0 amide bonds. The Labute approximate surface area is 148 Å². The van der Waals surface area contributed by atoms with Crippen LogP contribution in [-0.4, -0.2) is 54.6 Å². The molecule has 4 heteroatoms. The van der Waals surface area contributed by atoms with Crippen molar-refractivity contribution in [1.29, 1.82) is 0 Å².